The van der Waals surface area contributed by atoms with E-state index in [9.17, 15) is 4.79 Å². The highest BCUT2D eigenvalue weighted by Gasteiger charge is 2.05. The van der Waals surface area contributed by atoms with Crippen LogP contribution in [0.25, 0.3) is 0 Å². The fourth-order valence-electron chi connectivity index (χ4n) is 0.886. The molecular formula is C6H12N4OS. The normalized spacial score (nSPS) is 10.2. The van der Waals surface area contributed by atoms with Crippen LogP contribution in [0, 0.1) is 4.64 Å². The molecule has 5 nitrogen and oxygen atoms in total. The smallest absolute Gasteiger partial charge is 0.330 e. The lowest BCUT2D eigenvalue weighted by Crippen LogP contribution is -2.30. The van der Waals surface area contributed by atoms with Crippen LogP contribution in [0.3, 0.4) is 0 Å². The van der Waals surface area contributed by atoms with Crippen LogP contribution >= 0.6 is 12.2 Å². The second-order valence-electron chi connectivity index (χ2n) is 2.50. The maximum absolute atomic E-state index is 11.3. The first-order valence-electron chi connectivity index (χ1n) is 3.27. The minimum absolute atomic E-state index is 0. The summed E-state index contributed by atoms with van der Waals surface area (Å²) in [6.45, 7) is 0. The highest BCUT2D eigenvalue weighted by Crippen LogP contribution is 2.10. The maximum Gasteiger partial charge on any atom is 0.330 e. The van der Waals surface area contributed by atoms with Crippen LogP contribution in [-0.2, 0) is 14.1 Å². The molecule has 0 unspecified atom stereocenters. The molecule has 0 saturated heterocycles. The number of nitrogens with two attached hydrogens (primary N) is 2. The van der Waals surface area contributed by atoms with E-state index in [1.54, 1.807) is 14.1 Å². The van der Waals surface area contributed by atoms with E-state index in [2.05, 4.69) is 0 Å². The third kappa shape index (κ3) is 1.00. The van der Waals surface area contributed by atoms with E-state index in [1.165, 1.54) is 9.13 Å². The predicted molar refractivity (Wildman–Crippen MR) is 52.4 cm³/mol. The van der Waals surface area contributed by atoms with Crippen molar-refractivity contribution >= 4 is 23.7 Å². The molecule has 0 bridgehead atoms. The van der Waals surface area contributed by atoms with Gasteiger partial charge >= 0.3 is 5.69 Å². The molecule has 68 valence electrons. The van der Waals surface area contributed by atoms with Gasteiger partial charge in [0.2, 0.25) is 0 Å². The van der Waals surface area contributed by atoms with E-state index < -0.39 is 0 Å². The van der Waals surface area contributed by atoms with Crippen molar-refractivity contribution in [3.63, 3.8) is 0 Å². The summed E-state index contributed by atoms with van der Waals surface area (Å²) in [6.07, 6.45) is 0. The van der Waals surface area contributed by atoms with Gasteiger partial charge in [0.25, 0.3) is 0 Å². The van der Waals surface area contributed by atoms with Gasteiger partial charge in [-0.15, -0.1) is 0 Å². The Bertz CT molecular complexity index is 398. The van der Waals surface area contributed by atoms with Crippen molar-refractivity contribution in [3.8, 4) is 0 Å². The Kier molecular flexibility index (Phi) is 1.93. The number of nitrogens with zero attached hydrogens (tertiary/aromatic N) is 2. The molecule has 12 heavy (non-hydrogen) atoms. The number of aromatic nitrogens is 2. The minimum atomic E-state index is -0.272. The highest BCUT2D eigenvalue weighted by molar-refractivity contribution is 7.71. The zero-order valence-electron chi connectivity index (χ0n) is 6.87. The number of anilines is 2. The van der Waals surface area contributed by atoms with Crippen LogP contribution in [0.5, 0.6) is 0 Å². The summed E-state index contributed by atoms with van der Waals surface area (Å²) < 4.78 is 2.81. The standard InChI is InChI=1S/C6H10N4OS.H2/c1-9-4(8)3(7)5(12)10(2)6(9)11;/h7-8H2,1-2H3;1H. The van der Waals surface area contributed by atoms with E-state index in [4.69, 9.17) is 23.7 Å². The van der Waals surface area contributed by atoms with Gasteiger partial charge in [-0.1, -0.05) is 12.2 Å². The molecule has 4 N–H and O–H groups in total. The average Bonchev–Trinajstić information content (AvgIpc) is 2.08. The van der Waals surface area contributed by atoms with Crippen molar-refractivity contribution in [1.82, 2.24) is 9.13 Å². The highest BCUT2D eigenvalue weighted by atomic mass is 32.1. The van der Waals surface area contributed by atoms with Gasteiger partial charge < -0.3 is 11.5 Å². The monoisotopic (exact) mass is 188 g/mol. The quantitative estimate of drug-likeness (QED) is 0.556. The Labute approximate surface area is 75.7 Å². The van der Waals surface area contributed by atoms with Gasteiger partial charge in [0.15, 0.2) is 0 Å². The van der Waals surface area contributed by atoms with E-state index in [1.807, 2.05) is 0 Å². The van der Waals surface area contributed by atoms with Crippen LogP contribution in [0.4, 0.5) is 11.5 Å². The van der Waals surface area contributed by atoms with Crippen LogP contribution in [0.2, 0.25) is 0 Å². The molecule has 6 heteroatoms. The van der Waals surface area contributed by atoms with Crippen LogP contribution in [0.15, 0.2) is 4.79 Å². The van der Waals surface area contributed by atoms with Crippen molar-refractivity contribution in [2.75, 3.05) is 11.5 Å². The van der Waals surface area contributed by atoms with Gasteiger partial charge in [-0.2, -0.15) is 0 Å². The van der Waals surface area contributed by atoms with Crippen LogP contribution < -0.4 is 17.2 Å². The Balaban J connectivity index is 0.00000144. The molecule has 1 rings (SSSR count). The number of hydrogen-bond donors (Lipinski definition) is 2. The molecule has 0 aliphatic rings. The summed E-state index contributed by atoms with van der Waals surface area (Å²) in [6, 6.07) is 0. The molecular weight excluding hydrogens is 176 g/mol. The fraction of sp³-hybridized carbons (Fsp3) is 0.333. The molecule has 0 aromatic carbocycles. The van der Waals surface area contributed by atoms with Crippen molar-refractivity contribution in [3.05, 3.63) is 15.1 Å². The summed E-state index contributed by atoms with van der Waals surface area (Å²) in [5, 5.41) is 0. The Morgan fingerprint density at radius 1 is 1.33 bits per heavy atom. The second-order valence-corrected chi connectivity index (χ2v) is 2.89. The van der Waals surface area contributed by atoms with Crippen molar-refractivity contribution in [2.45, 2.75) is 0 Å². The third-order valence-electron chi connectivity index (χ3n) is 1.75. The Morgan fingerprint density at radius 2 is 1.83 bits per heavy atom. The van der Waals surface area contributed by atoms with Crippen LogP contribution in [0.1, 0.15) is 1.43 Å². The molecule has 0 aliphatic carbocycles. The van der Waals surface area contributed by atoms with Crippen molar-refractivity contribution in [1.29, 1.82) is 0 Å². The largest absolute Gasteiger partial charge is 0.393 e. The first-order chi connectivity index (χ1) is 5.46. The zero-order chi connectivity index (χ0) is 9.46. The molecule has 0 radical (unpaired) electrons. The molecule has 1 aromatic rings. The minimum Gasteiger partial charge on any atom is -0.393 e. The van der Waals surface area contributed by atoms with E-state index in [0.717, 1.165) is 0 Å². The molecule has 0 spiro atoms. The van der Waals surface area contributed by atoms with E-state index >= 15 is 0 Å². The van der Waals surface area contributed by atoms with Crippen LogP contribution in [-0.4, -0.2) is 9.13 Å². The molecule has 1 heterocycles. The molecule has 1 aromatic heterocycles. The topological polar surface area (TPSA) is 79.0 Å². The molecule has 0 fully saturated rings. The molecule has 0 atom stereocenters. The number of nitrogen functional groups attached to an aromatic ring is 2. The third-order valence-corrected chi connectivity index (χ3v) is 2.24. The summed E-state index contributed by atoms with van der Waals surface area (Å²) >= 11 is 4.87. The lowest BCUT2D eigenvalue weighted by atomic mass is 10.5. The molecule has 0 saturated carbocycles. The summed E-state index contributed by atoms with van der Waals surface area (Å²) in [5.41, 5.74) is 11.1. The lowest BCUT2D eigenvalue weighted by molar-refractivity contribution is 0.710. The van der Waals surface area contributed by atoms with Crippen molar-refractivity contribution < 1.29 is 1.43 Å². The summed E-state index contributed by atoms with van der Waals surface area (Å²) in [7, 11) is 3.10. The fourth-order valence-corrected chi connectivity index (χ4v) is 1.07. The van der Waals surface area contributed by atoms with Gasteiger partial charge in [-0.25, -0.2) is 4.79 Å². The zero-order valence-corrected chi connectivity index (χ0v) is 7.68. The van der Waals surface area contributed by atoms with Gasteiger partial charge in [-0.3, -0.25) is 9.13 Å². The predicted octanol–water partition coefficient (Wildman–Crippen LogP) is -0.136. The maximum atomic E-state index is 11.3. The Morgan fingerprint density at radius 3 is 2.33 bits per heavy atom. The summed E-state index contributed by atoms with van der Waals surface area (Å²) in [5.74, 6) is 0.211. The van der Waals surface area contributed by atoms with Gasteiger partial charge in [0.05, 0.1) is 0 Å². The second kappa shape index (κ2) is 2.63. The lowest BCUT2D eigenvalue weighted by Gasteiger charge is -2.08. The summed E-state index contributed by atoms with van der Waals surface area (Å²) in [4.78, 5) is 11.3. The first-order valence-corrected chi connectivity index (χ1v) is 3.68. The van der Waals surface area contributed by atoms with Gasteiger partial charge in [0.1, 0.15) is 16.1 Å². The van der Waals surface area contributed by atoms with E-state index in [0.29, 0.717) is 0 Å². The number of rotatable bonds is 0. The van der Waals surface area contributed by atoms with Gasteiger partial charge in [-0.05, 0) is 0 Å². The first kappa shape index (κ1) is 8.79. The SMILES string of the molecule is Cn1c(N)c(N)c(=S)n(C)c1=O.[HH]. The average molecular weight is 188 g/mol. The van der Waals surface area contributed by atoms with E-state index in [-0.39, 0.29) is 23.3 Å². The molecule has 0 amide bonds. The van der Waals surface area contributed by atoms with Crippen molar-refractivity contribution in [2.24, 2.45) is 14.1 Å². The molecule has 0 aliphatic heterocycles. The number of hydrogen-bond acceptors (Lipinski definition) is 4. The Hall–Kier alpha value is -1.30. The van der Waals surface area contributed by atoms with Gasteiger partial charge in [0, 0.05) is 15.5 Å².